The third-order valence-electron chi connectivity index (χ3n) is 3.63. The first-order chi connectivity index (χ1) is 10.9. The minimum absolute atomic E-state index is 0.0954. The number of fused-ring (bicyclic) bond motifs is 1. The number of rotatable bonds is 2. The van der Waals surface area contributed by atoms with Crippen LogP contribution in [0.4, 0.5) is 8.78 Å². The zero-order valence-corrected chi connectivity index (χ0v) is 12.5. The van der Waals surface area contributed by atoms with Gasteiger partial charge < -0.3 is 5.73 Å². The number of halogens is 2. The number of nitrogens with two attached hydrogens (primary N) is 1. The lowest BCUT2D eigenvalue weighted by Crippen LogP contribution is -2.28. The fraction of sp³-hybridized carbons (Fsp3) is 0.188. The van der Waals surface area contributed by atoms with Crippen LogP contribution in [0.2, 0.25) is 0 Å². The topological polar surface area (TPSA) is 73.8 Å². The molecule has 0 spiro atoms. The SMILES string of the molecule is Cc1c(F)cncc1-n1c([C@H](C)N)nc2ccc(F)cc2c1=O. The van der Waals surface area contributed by atoms with Crippen LogP contribution in [-0.4, -0.2) is 14.5 Å². The molecule has 0 radical (unpaired) electrons. The predicted molar refractivity (Wildman–Crippen MR) is 82.4 cm³/mol. The lowest BCUT2D eigenvalue weighted by Gasteiger charge is -2.17. The van der Waals surface area contributed by atoms with Gasteiger partial charge in [-0.05, 0) is 32.0 Å². The molecule has 0 unspecified atom stereocenters. The smallest absolute Gasteiger partial charge is 0.266 e. The van der Waals surface area contributed by atoms with Crippen molar-refractivity contribution in [1.29, 1.82) is 0 Å². The van der Waals surface area contributed by atoms with Gasteiger partial charge >= 0.3 is 0 Å². The molecule has 5 nitrogen and oxygen atoms in total. The van der Waals surface area contributed by atoms with Crippen molar-refractivity contribution in [2.24, 2.45) is 5.73 Å². The van der Waals surface area contributed by atoms with E-state index in [0.717, 1.165) is 12.3 Å². The number of benzene rings is 1. The van der Waals surface area contributed by atoms with E-state index in [2.05, 4.69) is 9.97 Å². The summed E-state index contributed by atoms with van der Waals surface area (Å²) >= 11 is 0. The Labute approximate surface area is 130 Å². The molecule has 2 aromatic heterocycles. The Morgan fingerprint density at radius 3 is 2.70 bits per heavy atom. The summed E-state index contributed by atoms with van der Waals surface area (Å²) in [5.41, 5.74) is 6.21. The van der Waals surface area contributed by atoms with E-state index < -0.39 is 23.2 Å². The molecule has 0 aliphatic rings. The third-order valence-corrected chi connectivity index (χ3v) is 3.63. The molecule has 0 aliphatic heterocycles. The van der Waals surface area contributed by atoms with Crippen LogP contribution in [-0.2, 0) is 0 Å². The second-order valence-electron chi connectivity index (χ2n) is 5.33. The van der Waals surface area contributed by atoms with Crippen LogP contribution in [0.1, 0.15) is 24.4 Å². The predicted octanol–water partition coefficient (Wildman–Crippen LogP) is 2.39. The monoisotopic (exact) mass is 316 g/mol. The summed E-state index contributed by atoms with van der Waals surface area (Å²) in [6, 6.07) is 3.16. The quantitative estimate of drug-likeness (QED) is 0.788. The zero-order chi connectivity index (χ0) is 16.7. The van der Waals surface area contributed by atoms with Crippen molar-refractivity contribution < 1.29 is 8.78 Å². The lowest BCUT2D eigenvalue weighted by atomic mass is 10.2. The van der Waals surface area contributed by atoms with Crippen LogP contribution in [0, 0.1) is 18.6 Å². The van der Waals surface area contributed by atoms with Crippen LogP contribution < -0.4 is 11.3 Å². The molecule has 1 aromatic carbocycles. The van der Waals surface area contributed by atoms with E-state index in [1.807, 2.05) is 0 Å². The van der Waals surface area contributed by atoms with Crippen molar-refractivity contribution >= 4 is 10.9 Å². The number of pyridine rings is 1. The van der Waals surface area contributed by atoms with Crippen LogP contribution in [0.3, 0.4) is 0 Å². The molecule has 0 fully saturated rings. The summed E-state index contributed by atoms with van der Waals surface area (Å²) < 4.78 is 28.5. The molecule has 3 aromatic rings. The van der Waals surface area contributed by atoms with Gasteiger partial charge in [0.15, 0.2) is 0 Å². The standard InChI is InChI=1S/C16H14F2N4O/c1-8-12(18)6-20-7-14(8)22-15(9(2)19)21-13-4-3-10(17)5-11(13)16(22)23/h3-7,9H,19H2,1-2H3/t9-/m0/s1. The third kappa shape index (κ3) is 2.49. The van der Waals surface area contributed by atoms with Gasteiger partial charge in [-0.3, -0.25) is 14.3 Å². The first-order valence-corrected chi connectivity index (χ1v) is 6.98. The molecule has 7 heteroatoms. The number of hydrogen-bond acceptors (Lipinski definition) is 4. The Bertz CT molecular complexity index is 966. The Morgan fingerprint density at radius 1 is 1.26 bits per heavy atom. The summed E-state index contributed by atoms with van der Waals surface area (Å²) in [5, 5.41) is 0.0954. The van der Waals surface area contributed by atoms with Gasteiger partial charge in [0.25, 0.3) is 5.56 Å². The normalized spacial score (nSPS) is 12.6. The number of aromatic nitrogens is 3. The molecule has 1 atom stereocenters. The lowest BCUT2D eigenvalue weighted by molar-refractivity contribution is 0.606. The molecule has 0 aliphatic carbocycles. The van der Waals surface area contributed by atoms with Gasteiger partial charge in [-0.1, -0.05) is 0 Å². The fourth-order valence-electron chi connectivity index (χ4n) is 2.43. The first-order valence-electron chi connectivity index (χ1n) is 6.98. The maximum Gasteiger partial charge on any atom is 0.266 e. The molecular weight excluding hydrogens is 302 g/mol. The highest BCUT2D eigenvalue weighted by Crippen LogP contribution is 2.20. The molecule has 118 valence electrons. The number of hydrogen-bond donors (Lipinski definition) is 1. The van der Waals surface area contributed by atoms with Crippen molar-refractivity contribution in [1.82, 2.24) is 14.5 Å². The maximum atomic E-state index is 13.8. The van der Waals surface area contributed by atoms with Crippen LogP contribution in [0.5, 0.6) is 0 Å². The van der Waals surface area contributed by atoms with Crippen molar-refractivity contribution in [3.8, 4) is 5.69 Å². The molecule has 0 saturated heterocycles. The van der Waals surface area contributed by atoms with E-state index >= 15 is 0 Å². The number of nitrogens with zero attached hydrogens (tertiary/aromatic N) is 3. The first kappa shape index (κ1) is 15.2. The van der Waals surface area contributed by atoms with Gasteiger partial charge in [0.05, 0.1) is 35.0 Å². The van der Waals surface area contributed by atoms with E-state index in [0.29, 0.717) is 5.52 Å². The summed E-state index contributed by atoms with van der Waals surface area (Å²) in [4.78, 5) is 20.9. The molecule has 3 rings (SSSR count). The molecule has 23 heavy (non-hydrogen) atoms. The molecule has 2 N–H and O–H groups in total. The van der Waals surface area contributed by atoms with Crippen LogP contribution in [0.15, 0.2) is 35.4 Å². The van der Waals surface area contributed by atoms with Gasteiger partial charge in [0, 0.05) is 5.56 Å². The summed E-state index contributed by atoms with van der Waals surface area (Å²) in [6.45, 7) is 3.19. The van der Waals surface area contributed by atoms with E-state index in [-0.39, 0.29) is 22.5 Å². The van der Waals surface area contributed by atoms with Gasteiger partial charge in [-0.15, -0.1) is 0 Å². The van der Waals surface area contributed by atoms with E-state index in [1.54, 1.807) is 6.92 Å². The van der Waals surface area contributed by atoms with Crippen LogP contribution in [0.25, 0.3) is 16.6 Å². The fourth-order valence-corrected chi connectivity index (χ4v) is 2.43. The largest absolute Gasteiger partial charge is 0.322 e. The van der Waals surface area contributed by atoms with Gasteiger partial charge in [0.1, 0.15) is 17.5 Å². The minimum atomic E-state index is -0.583. The van der Waals surface area contributed by atoms with Crippen molar-refractivity contribution in [2.45, 2.75) is 19.9 Å². The highest BCUT2D eigenvalue weighted by molar-refractivity contribution is 5.78. The van der Waals surface area contributed by atoms with E-state index in [9.17, 15) is 13.6 Å². The van der Waals surface area contributed by atoms with Gasteiger partial charge in [-0.2, -0.15) is 0 Å². The van der Waals surface area contributed by atoms with Crippen molar-refractivity contribution in [3.63, 3.8) is 0 Å². The zero-order valence-electron chi connectivity index (χ0n) is 12.5. The van der Waals surface area contributed by atoms with E-state index in [4.69, 9.17) is 5.73 Å². The van der Waals surface area contributed by atoms with Gasteiger partial charge in [-0.25, -0.2) is 13.8 Å². The Hall–Kier alpha value is -2.67. The molecular formula is C16H14F2N4O. The Kier molecular flexibility index (Phi) is 3.65. The summed E-state index contributed by atoms with van der Waals surface area (Å²) in [7, 11) is 0. The highest BCUT2D eigenvalue weighted by atomic mass is 19.1. The average Bonchev–Trinajstić information content (AvgIpc) is 2.51. The maximum absolute atomic E-state index is 13.8. The second kappa shape index (κ2) is 5.51. The molecule has 0 amide bonds. The molecule has 2 heterocycles. The van der Waals surface area contributed by atoms with Crippen molar-refractivity contribution in [3.05, 3.63) is 64.0 Å². The summed E-state index contributed by atoms with van der Waals surface area (Å²) in [5.74, 6) is -0.848. The van der Waals surface area contributed by atoms with Crippen molar-refractivity contribution in [2.75, 3.05) is 0 Å². The highest BCUT2D eigenvalue weighted by Gasteiger charge is 2.18. The Balaban J connectivity index is 2.47. The molecule has 0 saturated carbocycles. The minimum Gasteiger partial charge on any atom is -0.322 e. The second-order valence-corrected chi connectivity index (χ2v) is 5.33. The van der Waals surface area contributed by atoms with Crippen LogP contribution >= 0.6 is 0 Å². The molecule has 0 bridgehead atoms. The van der Waals surface area contributed by atoms with Gasteiger partial charge in [0.2, 0.25) is 0 Å². The van der Waals surface area contributed by atoms with E-state index in [1.165, 1.54) is 29.8 Å². The Morgan fingerprint density at radius 2 is 2.00 bits per heavy atom. The summed E-state index contributed by atoms with van der Waals surface area (Å²) in [6.07, 6.45) is 2.42. The average molecular weight is 316 g/mol.